The number of dihydropyridines is 1. The topological polar surface area (TPSA) is 128 Å². The molecule has 2 aromatic heterocycles. The van der Waals surface area contributed by atoms with Crippen LogP contribution in [0.15, 0.2) is 60.2 Å². The first kappa shape index (κ1) is 27.7. The van der Waals surface area contributed by atoms with Crippen molar-refractivity contribution < 1.29 is 14.3 Å². The second-order valence-electron chi connectivity index (χ2n) is 10.7. The lowest BCUT2D eigenvalue weighted by Crippen LogP contribution is -2.60. The van der Waals surface area contributed by atoms with Crippen molar-refractivity contribution in [3.8, 4) is 11.1 Å². The van der Waals surface area contributed by atoms with Gasteiger partial charge in [-0.3, -0.25) is 9.69 Å². The first-order valence-corrected chi connectivity index (χ1v) is 14.4. The third-order valence-electron chi connectivity index (χ3n) is 6.64. The summed E-state index contributed by atoms with van der Waals surface area (Å²) in [6.07, 6.45) is 12.4. The van der Waals surface area contributed by atoms with Crippen LogP contribution in [0.2, 0.25) is 0 Å². The predicted octanol–water partition coefficient (Wildman–Crippen LogP) is 3.64. The number of fused-ring (bicyclic) bond motifs is 1. The zero-order valence-corrected chi connectivity index (χ0v) is 23.9. The number of piperazine rings is 1. The number of hydrogen-bond acceptors (Lipinski definition) is 10. The molecule has 1 aromatic carbocycles. The van der Waals surface area contributed by atoms with E-state index in [0.29, 0.717) is 32.1 Å². The summed E-state index contributed by atoms with van der Waals surface area (Å²) >= 11 is 1.50. The highest BCUT2D eigenvalue weighted by atomic mass is 32.2. The van der Waals surface area contributed by atoms with Gasteiger partial charge in [-0.2, -0.15) is 0 Å². The van der Waals surface area contributed by atoms with Crippen molar-refractivity contribution in [1.29, 1.82) is 0 Å². The fraction of sp³-hybridized carbons (Fsp3) is 0.393. The van der Waals surface area contributed by atoms with Gasteiger partial charge in [0.2, 0.25) is 5.95 Å². The molecule has 1 amide bonds. The van der Waals surface area contributed by atoms with Crippen molar-refractivity contribution in [2.45, 2.75) is 37.2 Å². The fourth-order valence-corrected chi connectivity index (χ4v) is 4.87. The molecule has 1 atom stereocenters. The molecule has 1 saturated heterocycles. The first-order valence-electron chi connectivity index (χ1n) is 13.1. The number of carbonyl (C=O) groups excluding carboxylic acids is 2. The van der Waals surface area contributed by atoms with Gasteiger partial charge in [-0.15, -0.1) is 0 Å². The van der Waals surface area contributed by atoms with Gasteiger partial charge in [-0.1, -0.05) is 23.9 Å². The van der Waals surface area contributed by atoms with Crippen LogP contribution in [0.3, 0.4) is 0 Å². The first-order chi connectivity index (χ1) is 19.1. The molecule has 2 aliphatic heterocycles. The summed E-state index contributed by atoms with van der Waals surface area (Å²) in [5, 5.41) is 7.22. The Balaban J connectivity index is 1.27. The van der Waals surface area contributed by atoms with E-state index in [0.717, 1.165) is 27.3 Å². The summed E-state index contributed by atoms with van der Waals surface area (Å²) in [6, 6.07) is 5.90. The normalized spacial score (nSPS) is 19.4. The largest absolute Gasteiger partial charge is 0.444 e. The number of allylic oxidation sites excluding steroid dienone is 2. The molecule has 12 heteroatoms. The molecule has 1 unspecified atom stereocenters. The maximum absolute atomic E-state index is 13.7. The van der Waals surface area contributed by atoms with E-state index in [4.69, 9.17) is 4.74 Å². The predicted molar refractivity (Wildman–Crippen MR) is 156 cm³/mol. The number of thioether (sulfide) groups is 1. The van der Waals surface area contributed by atoms with Crippen molar-refractivity contribution >= 4 is 40.6 Å². The second-order valence-corrected chi connectivity index (χ2v) is 11.5. The number of anilines is 1. The Morgan fingerprint density at radius 3 is 2.50 bits per heavy atom. The lowest BCUT2D eigenvalue weighted by Gasteiger charge is -2.38. The number of ether oxygens (including phenoxy) is 1. The highest BCUT2D eigenvalue weighted by molar-refractivity contribution is 7.98. The van der Waals surface area contributed by atoms with E-state index < -0.39 is 11.3 Å². The lowest BCUT2D eigenvalue weighted by molar-refractivity contribution is -0.124. The van der Waals surface area contributed by atoms with Crippen molar-refractivity contribution in [2.75, 3.05) is 44.3 Å². The van der Waals surface area contributed by atoms with E-state index in [2.05, 4.69) is 35.5 Å². The van der Waals surface area contributed by atoms with Crippen LogP contribution < -0.4 is 10.6 Å². The smallest absolute Gasteiger partial charge is 0.410 e. The van der Waals surface area contributed by atoms with Gasteiger partial charge in [0.15, 0.2) is 16.6 Å². The molecule has 5 rings (SSSR count). The van der Waals surface area contributed by atoms with Gasteiger partial charge in [0.1, 0.15) is 5.60 Å². The minimum atomic E-state index is -1.17. The Bertz CT molecular complexity index is 1440. The molecule has 0 bridgehead atoms. The molecule has 2 aliphatic rings. The number of aromatic nitrogens is 4. The number of rotatable bonds is 7. The van der Waals surface area contributed by atoms with Gasteiger partial charge in [0, 0.05) is 44.1 Å². The summed E-state index contributed by atoms with van der Waals surface area (Å²) in [6.45, 7) is 7.93. The number of imidazole rings is 1. The molecule has 0 saturated carbocycles. The van der Waals surface area contributed by atoms with Crippen molar-refractivity contribution in [3.63, 3.8) is 0 Å². The Morgan fingerprint density at radius 2 is 1.85 bits per heavy atom. The number of benzene rings is 1. The Hall–Kier alpha value is -3.90. The third-order valence-corrected chi connectivity index (χ3v) is 7.21. The summed E-state index contributed by atoms with van der Waals surface area (Å²) in [5.41, 5.74) is 1.75. The van der Waals surface area contributed by atoms with Crippen LogP contribution in [-0.4, -0.2) is 91.9 Å². The van der Waals surface area contributed by atoms with Crippen molar-refractivity contribution in [1.82, 2.24) is 35.1 Å². The minimum Gasteiger partial charge on any atom is -0.444 e. The van der Waals surface area contributed by atoms with Crippen LogP contribution in [0.25, 0.3) is 22.2 Å². The van der Waals surface area contributed by atoms with E-state index in [1.807, 2.05) is 57.4 Å². The number of amides is 1. The molecule has 3 N–H and O–H groups in total. The zero-order chi connectivity index (χ0) is 28.3. The zero-order valence-electron chi connectivity index (χ0n) is 23.1. The van der Waals surface area contributed by atoms with Gasteiger partial charge >= 0.3 is 6.09 Å². The van der Waals surface area contributed by atoms with Crippen LogP contribution in [-0.2, 0) is 9.53 Å². The summed E-state index contributed by atoms with van der Waals surface area (Å²) in [4.78, 5) is 46.5. The molecule has 11 nitrogen and oxygen atoms in total. The SMILES string of the molecule is CSc1ncc(-c2ccc3nc(NC4(C(=O)CN5CCN(C(=O)OC(C)(C)C)CC5)C=CC=CN4)[nH]c3c2)cn1. The molecular weight excluding hydrogens is 528 g/mol. The number of Topliss-reactive ketones (excluding diaryl/α,β-unsaturated/α-hetero) is 1. The molecule has 1 fully saturated rings. The molecule has 0 spiro atoms. The summed E-state index contributed by atoms with van der Waals surface area (Å²) in [7, 11) is 0. The van der Waals surface area contributed by atoms with Crippen molar-refractivity contribution in [2.24, 2.45) is 0 Å². The number of aromatic amines is 1. The molecule has 0 radical (unpaired) electrons. The summed E-state index contributed by atoms with van der Waals surface area (Å²) in [5.74, 6) is 0.405. The van der Waals surface area contributed by atoms with Crippen LogP contribution in [0.4, 0.5) is 10.7 Å². The second kappa shape index (κ2) is 11.3. The maximum Gasteiger partial charge on any atom is 0.410 e. The number of nitrogens with zero attached hydrogens (tertiary/aromatic N) is 5. The standard InChI is InChI=1S/C28H34N8O3S/c1-27(2,3)39-26(38)36-13-11-35(12-14-36)18-23(37)28(9-5-6-10-31-28)34-24-32-21-8-7-19(15-22(21)33-24)20-16-29-25(40-4)30-17-20/h5-10,15-17,31H,11-14,18H2,1-4H3,(H2,32,33,34). The minimum absolute atomic E-state index is 0.0639. The summed E-state index contributed by atoms with van der Waals surface area (Å²) < 4.78 is 5.49. The lowest BCUT2D eigenvalue weighted by atomic mass is 10.0. The van der Waals surface area contributed by atoms with Crippen molar-refractivity contribution in [3.05, 3.63) is 55.0 Å². The molecule has 4 heterocycles. The number of carbonyl (C=O) groups is 2. The van der Waals surface area contributed by atoms with Crippen LogP contribution >= 0.6 is 11.8 Å². The molecule has 40 heavy (non-hydrogen) atoms. The van der Waals surface area contributed by atoms with Gasteiger partial charge in [0.25, 0.3) is 0 Å². The van der Waals surface area contributed by atoms with E-state index in [1.54, 1.807) is 29.6 Å². The third kappa shape index (κ3) is 6.28. The van der Waals surface area contributed by atoms with E-state index >= 15 is 0 Å². The van der Waals surface area contributed by atoms with Gasteiger partial charge in [0.05, 0.1) is 17.6 Å². The molecule has 210 valence electrons. The quantitative estimate of drug-likeness (QED) is 0.290. The Labute approximate surface area is 237 Å². The number of nitrogens with one attached hydrogen (secondary N) is 3. The Kier molecular flexibility index (Phi) is 7.81. The Morgan fingerprint density at radius 1 is 1.10 bits per heavy atom. The number of ketones is 1. The van der Waals surface area contributed by atoms with Gasteiger partial charge in [-0.05, 0) is 63.1 Å². The van der Waals surface area contributed by atoms with E-state index in [1.165, 1.54) is 11.8 Å². The van der Waals surface area contributed by atoms with Gasteiger partial charge in [-0.25, -0.2) is 19.7 Å². The van der Waals surface area contributed by atoms with Crippen LogP contribution in [0.1, 0.15) is 20.8 Å². The van der Waals surface area contributed by atoms with Crippen LogP contribution in [0, 0.1) is 0 Å². The average Bonchev–Trinajstić information content (AvgIpc) is 3.34. The van der Waals surface area contributed by atoms with Gasteiger partial charge < -0.3 is 25.3 Å². The number of hydrogen-bond donors (Lipinski definition) is 3. The highest BCUT2D eigenvalue weighted by Gasteiger charge is 2.38. The van der Waals surface area contributed by atoms with E-state index in [9.17, 15) is 9.59 Å². The average molecular weight is 563 g/mol. The molecular formula is C28H34N8O3S. The molecule has 0 aliphatic carbocycles. The van der Waals surface area contributed by atoms with Crippen LogP contribution in [0.5, 0.6) is 0 Å². The highest BCUT2D eigenvalue weighted by Crippen LogP contribution is 2.26. The fourth-order valence-electron chi connectivity index (χ4n) is 4.55. The molecule has 3 aromatic rings. The van der Waals surface area contributed by atoms with E-state index in [-0.39, 0.29) is 18.4 Å². The maximum atomic E-state index is 13.7. The monoisotopic (exact) mass is 562 g/mol. The number of H-pyrrole nitrogens is 1.